The van der Waals surface area contributed by atoms with Crippen LogP contribution in [0.15, 0.2) is 83.8 Å². The van der Waals surface area contributed by atoms with Crippen LogP contribution in [0.5, 0.6) is 11.5 Å². The summed E-state index contributed by atoms with van der Waals surface area (Å²) in [5.74, 6) is 0.860. The predicted molar refractivity (Wildman–Crippen MR) is 122 cm³/mol. The highest BCUT2D eigenvalue weighted by Gasteiger charge is 2.08. The van der Waals surface area contributed by atoms with Crippen molar-refractivity contribution in [2.45, 2.75) is 4.90 Å². The van der Waals surface area contributed by atoms with Crippen molar-refractivity contribution in [3.05, 3.63) is 95.0 Å². The minimum absolute atomic E-state index is 0.361. The standard InChI is InChI=1S/C24H21ClO4S/c1-28-19-9-5-8-18(14-19)21(17-6-3-2-4-7-17)12-13-30-20-10-11-23(22(25)15-20)29-16-24(26)27/h2-12,14-15H,13,16H2,1H3,(H,26,27). The number of ether oxygens (including phenoxy) is 2. The van der Waals surface area contributed by atoms with Crippen molar-refractivity contribution in [1.82, 2.24) is 0 Å². The van der Waals surface area contributed by atoms with Gasteiger partial charge in [-0.1, -0.05) is 60.1 Å². The predicted octanol–water partition coefficient (Wildman–Crippen LogP) is 6.04. The Morgan fingerprint density at radius 2 is 1.80 bits per heavy atom. The molecule has 0 bridgehead atoms. The molecule has 3 aromatic rings. The second-order valence-electron chi connectivity index (χ2n) is 6.30. The van der Waals surface area contributed by atoms with Gasteiger partial charge in [0.15, 0.2) is 6.61 Å². The molecule has 0 aliphatic heterocycles. The van der Waals surface area contributed by atoms with Crippen LogP contribution in [-0.2, 0) is 4.79 Å². The van der Waals surface area contributed by atoms with Crippen LogP contribution in [0.1, 0.15) is 11.1 Å². The topological polar surface area (TPSA) is 55.8 Å². The zero-order valence-electron chi connectivity index (χ0n) is 16.4. The summed E-state index contributed by atoms with van der Waals surface area (Å²) in [6.45, 7) is -0.421. The molecule has 3 aromatic carbocycles. The molecule has 0 saturated carbocycles. The second kappa shape index (κ2) is 10.8. The lowest BCUT2D eigenvalue weighted by atomic mass is 9.98. The maximum absolute atomic E-state index is 10.6. The number of carboxylic acid groups (broad SMARTS) is 1. The molecule has 0 aliphatic carbocycles. The van der Waals surface area contributed by atoms with Crippen LogP contribution < -0.4 is 9.47 Å². The number of carbonyl (C=O) groups is 1. The molecule has 0 aromatic heterocycles. The molecule has 0 fully saturated rings. The zero-order valence-corrected chi connectivity index (χ0v) is 18.0. The maximum Gasteiger partial charge on any atom is 0.341 e. The molecule has 0 amide bonds. The van der Waals surface area contributed by atoms with Crippen molar-refractivity contribution in [3.63, 3.8) is 0 Å². The number of hydrogen-bond acceptors (Lipinski definition) is 4. The van der Waals surface area contributed by atoms with Crippen LogP contribution in [0.4, 0.5) is 0 Å². The number of thioether (sulfide) groups is 1. The van der Waals surface area contributed by atoms with Gasteiger partial charge in [-0.15, -0.1) is 11.8 Å². The normalized spacial score (nSPS) is 11.2. The number of benzene rings is 3. The Balaban J connectivity index is 1.78. The Bertz CT molecular complexity index is 1030. The van der Waals surface area contributed by atoms with E-state index in [1.165, 1.54) is 0 Å². The Hall–Kier alpha value is -2.89. The number of aliphatic carboxylic acids is 1. The Morgan fingerprint density at radius 1 is 1.03 bits per heavy atom. The summed E-state index contributed by atoms with van der Waals surface area (Å²) in [7, 11) is 1.66. The van der Waals surface area contributed by atoms with Gasteiger partial charge >= 0.3 is 5.97 Å². The molecule has 1 N–H and O–H groups in total. The molecule has 154 valence electrons. The fraction of sp³-hybridized carbons (Fsp3) is 0.125. The third-order valence-corrected chi connectivity index (χ3v) is 5.47. The summed E-state index contributed by atoms with van der Waals surface area (Å²) < 4.78 is 10.5. The Labute approximate surface area is 185 Å². The summed E-state index contributed by atoms with van der Waals surface area (Å²) in [6.07, 6.45) is 2.18. The van der Waals surface area contributed by atoms with E-state index in [0.717, 1.165) is 33.1 Å². The van der Waals surface area contributed by atoms with E-state index in [-0.39, 0.29) is 0 Å². The molecule has 0 spiro atoms. The smallest absolute Gasteiger partial charge is 0.341 e. The van der Waals surface area contributed by atoms with Gasteiger partial charge in [-0.2, -0.15) is 0 Å². The minimum atomic E-state index is -1.04. The summed E-state index contributed by atoms with van der Waals surface area (Å²) in [5.41, 5.74) is 3.33. The molecule has 4 nitrogen and oxygen atoms in total. The molecule has 0 heterocycles. The second-order valence-corrected chi connectivity index (χ2v) is 7.80. The molecule has 6 heteroatoms. The number of carboxylic acids is 1. The Kier molecular flexibility index (Phi) is 7.82. The zero-order chi connectivity index (χ0) is 21.3. The van der Waals surface area contributed by atoms with E-state index in [1.807, 2.05) is 42.5 Å². The molecule has 0 radical (unpaired) electrons. The van der Waals surface area contributed by atoms with E-state index < -0.39 is 12.6 Å². The van der Waals surface area contributed by atoms with E-state index in [4.69, 9.17) is 26.2 Å². The molecule has 30 heavy (non-hydrogen) atoms. The molecule has 0 unspecified atom stereocenters. The minimum Gasteiger partial charge on any atom is -0.497 e. The van der Waals surface area contributed by atoms with Crippen LogP contribution in [0.3, 0.4) is 0 Å². The molecule has 0 saturated heterocycles. The highest BCUT2D eigenvalue weighted by Crippen LogP contribution is 2.32. The van der Waals surface area contributed by atoms with Gasteiger partial charge in [-0.25, -0.2) is 4.79 Å². The first kappa shape index (κ1) is 21.8. The van der Waals surface area contributed by atoms with Crippen molar-refractivity contribution in [1.29, 1.82) is 0 Å². The molecule has 0 aliphatic rings. The van der Waals surface area contributed by atoms with Crippen LogP contribution in [0.2, 0.25) is 5.02 Å². The average molecular weight is 441 g/mol. The van der Waals surface area contributed by atoms with Gasteiger partial charge in [0.1, 0.15) is 11.5 Å². The molecular weight excluding hydrogens is 420 g/mol. The first-order valence-electron chi connectivity index (χ1n) is 9.24. The first-order chi connectivity index (χ1) is 14.6. The van der Waals surface area contributed by atoms with E-state index in [2.05, 4.69) is 24.3 Å². The lowest BCUT2D eigenvalue weighted by molar-refractivity contribution is -0.139. The lowest BCUT2D eigenvalue weighted by Crippen LogP contribution is -2.09. The fourth-order valence-corrected chi connectivity index (χ4v) is 3.97. The number of rotatable bonds is 9. The van der Waals surface area contributed by atoms with Gasteiger partial charge in [-0.3, -0.25) is 0 Å². The van der Waals surface area contributed by atoms with Gasteiger partial charge in [-0.05, 0) is 47.0 Å². The summed E-state index contributed by atoms with van der Waals surface area (Å²) >= 11 is 7.85. The van der Waals surface area contributed by atoms with Gasteiger partial charge in [0.05, 0.1) is 12.1 Å². The third-order valence-electron chi connectivity index (χ3n) is 4.26. The van der Waals surface area contributed by atoms with Crippen molar-refractivity contribution in [3.8, 4) is 11.5 Å². The monoisotopic (exact) mass is 440 g/mol. The van der Waals surface area contributed by atoms with Crippen LogP contribution >= 0.6 is 23.4 Å². The van der Waals surface area contributed by atoms with Crippen LogP contribution in [0, 0.1) is 0 Å². The van der Waals surface area contributed by atoms with Crippen LogP contribution in [0.25, 0.3) is 5.57 Å². The SMILES string of the molecule is COc1cccc(C(=CCSc2ccc(OCC(=O)O)c(Cl)c2)c2ccccc2)c1. The number of hydrogen-bond donors (Lipinski definition) is 1. The van der Waals surface area contributed by atoms with E-state index in [0.29, 0.717) is 10.8 Å². The Morgan fingerprint density at radius 3 is 2.50 bits per heavy atom. The quantitative estimate of drug-likeness (QED) is 0.411. The van der Waals surface area contributed by atoms with Crippen molar-refractivity contribution in [2.75, 3.05) is 19.5 Å². The fourth-order valence-electron chi connectivity index (χ4n) is 2.86. The van der Waals surface area contributed by atoms with Gasteiger partial charge in [0.2, 0.25) is 0 Å². The van der Waals surface area contributed by atoms with Crippen molar-refractivity contribution in [2.24, 2.45) is 0 Å². The number of halogens is 1. The lowest BCUT2D eigenvalue weighted by Gasteiger charge is -2.11. The highest BCUT2D eigenvalue weighted by molar-refractivity contribution is 7.99. The molecule has 3 rings (SSSR count). The third kappa shape index (κ3) is 6.05. The summed E-state index contributed by atoms with van der Waals surface area (Å²) in [6, 6.07) is 23.5. The highest BCUT2D eigenvalue weighted by atomic mass is 35.5. The summed E-state index contributed by atoms with van der Waals surface area (Å²) in [4.78, 5) is 11.6. The van der Waals surface area contributed by atoms with Crippen molar-refractivity contribution < 1.29 is 19.4 Å². The molecule has 0 atom stereocenters. The summed E-state index contributed by atoms with van der Waals surface area (Å²) in [5, 5.41) is 9.11. The van der Waals surface area contributed by atoms with Crippen LogP contribution in [-0.4, -0.2) is 30.5 Å². The number of methoxy groups -OCH3 is 1. The maximum atomic E-state index is 10.6. The first-order valence-corrected chi connectivity index (χ1v) is 10.6. The van der Waals surface area contributed by atoms with E-state index in [9.17, 15) is 4.79 Å². The molecular formula is C24H21ClO4S. The van der Waals surface area contributed by atoms with E-state index >= 15 is 0 Å². The van der Waals surface area contributed by atoms with Crippen molar-refractivity contribution >= 4 is 34.9 Å². The van der Waals surface area contributed by atoms with Gasteiger partial charge in [0, 0.05) is 10.6 Å². The largest absolute Gasteiger partial charge is 0.497 e. The van der Waals surface area contributed by atoms with E-state index in [1.54, 1.807) is 31.0 Å². The van der Waals surface area contributed by atoms with Gasteiger partial charge in [0.25, 0.3) is 0 Å². The average Bonchev–Trinajstić information content (AvgIpc) is 2.76. The van der Waals surface area contributed by atoms with Gasteiger partial charge < -0.3 is 14.6 Å².